The fourth-order valence-electron chi connectivity index (χ4n) is 1.77. The molecule has 0 saturated heterocycles. The molecule has 122 valence electrons. The van der Waals surface area contributed by atoms with E-state index in [-0.39, 0.29) is 24.8 Å². The van der Waals surface area contributed by atoms with Crippen molar-refractivity contribution in [3.63, 3.8) is 0 Å². The van der Waals surface area contributed by atoms with E-state index in [1.54, 1.807) is 24.5 Å². The zero-order valence-corrected chi connectivity index (χ0v) is 13.4. The molecular weight excluding hydrogens is 318 g/mol. The molecule has 0 aliphatic heterocycles. The third-order valence-electron chi connectivity index (χ3n) is 3.02. The number of hydrogen-bond acceptors (Lipinski definition) is 5. The van der Waals surface area contributed by atoms with E-state index in [1.165, 1.54) is 17.2 Å². The molecule has 0 unspecified atom stereocenters. The van der Waals surface area contributed by atoms with Crippen molar-refractivity contribution in [2.24, 2.45) is 0 Å². The molecule has 0 aliphatic rings. The molecule has 0 bridgehead atoms. The first-order chi connectivity index (χ1) is 11.1. The number of nitrogens with zero attached hydrogens (tertiary/aromatic N) is 1. The summed E-state index contributed by atoms with van der Waals surface area (Å²) in [5, 5.41) is 8.78. The standard InChI is InChI=1S/C15H17N3O4S/c1-18(9-11-4-6-23-10-11)14(20)8-16-13(19)7-17-15(21)12-3-2-5-22-12/h2-6,10H,7-9H2,1H3,(H,16,19)(H,17,21). The molecule has 0 spiro atoms. The van der Waals surface area contributed by atoms with Crippen LogP contribution in [0.2, 0.25) is 0 Å². The van der Waals surface area contributed by atoms with Crippen molar-refractivity contribution in [1.29, 1.82) is 0 Å². The molecule has 2 N–H and O–H groups in total. The fraction of sp³-hybridized carbons (Fsp3) is 0.267. The van der Waals surface area contributed by atoms with Gasteiger partial charge in [0.1, 0.15) is 0 Å². The SMILES string of the molecule is CN(Cc1ccsc1)C(=O)CNC(=O)CNC(=O)c1ccco1. The van der Waals surface area contributed by atoms with Crippen LogP contribution in [0, 0.1) is 0 Å². The van der Waals surface area contributed by atoms with E-state index in [0.717, 1.165) is 5.56 Å². The van der Waals surface area contributed by atoms with Gasteiger partial charge in [0.05, 0.1) is 19.4 Å². The lowest BCUT2D eigenvalue weighted by Gasteiger charge is -2.16. The average Bonchev–Trinajstić information content (AvgIpc) is 3.23. The lowest BCUT2D eigenvalue weighted by molar-refractivity contribution is -0.132. The number of rotatable bonds is 7. The highest BCUT2D eigenvalue weighted by molar-refractivity contribution is 7.07. The quantitative estimate of drug-likeness (QED) is 0.784. The molecule has 0 fully saturated rings. The molecule has 3 amide bonds. The number of likely N-dealkylation sites (N-methyl/N-ethyl adjacent to an activating group) is 1. The predicted molar refractivity (Wildman–Crippen MR) is 84.8 cm³/mol. The summed E-state index contributed by atoms with van der Waals surface area (Å²) in [7, 11) is 1.67. The van der Waals surface area contributed by atoms with E-state index in [9.17, 15) is 14.4 Å². The summed E-state index contributed by atoms with van der Waals surface area (Å²) < 4.78 is 4.90. The molecule has 0 saturated carbocycles. The second kappa shape index (κ2) is 8.14. The maximum absolute atomic E-state index is 11.9. The Morgan fingerprint density at radius 1 is 1.22 bits per heavy atom. The molecule has 7 nitrogen and oxygen atoms in total. The number of hydrogen-bond donors (Lipinski definition) is 2. The van der Waals surface area contributed by atoms with Gasteiger partial charge in [0.15, 0.2) is 5.76 Å². The number of furan rings is 1. The molecule has 0 aliphatic carbocycles. The Kier molecular flexibility index (Phi) is 5.93. The summed E-state index contributed by atoms with van der Waals surface area (Å²) >= 11 is 1.56. The van der Waals surface area contributed by atoms with Gasteiger partial charge in [0.2, 0.25) is 11.8 Å². The normalized spacial score (nSPS) is 10.1. The number of carbonyl (C=O) groups is 3. The van der Waals surface area contributed by atoms with Gasteiger partial charge in [-0.05, 0) is 34.5 Å². The Hall–Kier alpha value is -2.61. The van der Waals surface area contributed by atoms with Crippen LogP contribution in [0.15, 0.2) is 39.6 Å². The highest BCUT2D eigenvalue weighted by atomic mass is 32.1. The van der Waals surface area contributed by atoms with Crippen LogP contribution in [0.1, 0.15) is 16.1 Å². The summed E-state index contributed by atoms with van der Waals surface area (Å²) in [6, 6.07) is 5.02. The predicted octanol–water partition coefficient (Wildman–Crippen LogP) is 0.846. The van der Waals surface area contributed by atoms with Crippen LogP contribution in [0.5, 0.6) is 0 Å². The smallest absolute Gasteiger partial charge is 0.287 e. The van der Waals surface area contributed by atoms with Gasteiger partial charge in [-0.1, -0.05) is 0 Å². The molecule has 8 heteroatoms. The number of thiophene rings is 1. The van der Waals surface area contributed by atoms with Crippen LogP contribution in [0.3, 0.4) is 0 Å². The molecule has 0 radical (unpaired) electrons. The summed E-state index contributed by atoms with van der Waals surface area (Å²) in [4.78, 5) is 36.7. The Morgan fingerprint density at radius 3 is 2.70 bits per heavy atom. The zero-order valence-electron chi connectivity index (χ0n) is 12.6. The van der Waals surface area contributed by atoms with Gasteiger partial charge in [-0.25, -0.2) is 0 Å². The van der Waals surface area contributed by atoms with E-state index in [2.05, 4.69) is 10.6 Å². The van der Waals surface area contributed by atoms with Gasteiger partial charge in [-0.15, -0.1) is 0 Å². The maximum Gasteiger partial charge on any atom is 0.287 e. The Labute approximate surface area is 137 Å². The second-order valence-corrected chi connectivity index (χ2v) is 5.60. The first kappa shape index (κ1) is 16.8. The molecular formula is C15H17N3O4S. The lowest BCUT2D eigenvalue weighted by atomic mass is 10.3. The van der Waals surface area contributed by atoms with Crippen LogP contribution >= 0.6 is 11.3 Å². The monoisotopic (exact) mass is 335 g/mol. The largest absolute Gasteiger partial charge is 0.459 e. The van der Waals surface area contributed by atoms with Crippen molar-refractivity contribution in [2.45, 2.75) is 6.54 Å². The van der Waals surface area contributed by atoms with Gasteiger partial charge in [-0.2, -0.15) is 11.3 Å². The molecule has 2 aromatic rings. The van der Waals surface area contributed by atoms with Crippen LogP contribution in [-0.4, -0.2) is 42.8 Å². The van der Waals surface area contributed by atoms with Gasteiger partial charge in [0, 0.05) is 13.6 Å². The molecule has 2 heterocycles. The van der Waals surface area contributed by atoms with Gasteiger partial charge in [0.25, 0.3) is 5.91 Å². The Balaban J connectivity index is 1.67. The van der Waals surface area contributed by atoms with Crippen LogP contribution < -0.4 is 10.6 Å². The van der Waals surface area contributed by atoms with Crippen molar-refractivity contribution in [2.75, 3.05) is 20.1 Å². The molecule has 0 atom stereocenters. The number of nitrogens with one attached hydrogen (secondary N) is 2. The lowest BCUT2D eigenvalue weighted by Crippen LogP contribution is -2.42. The summed E-state index contributed by atoms with van der Waals surface area (Å²) in [6.07, 6.45) is 1.37. The van der Waals surface area contributed by atoms with E-state index >= 15 is 0 Å². The van der Waals surface area contributed by atoms with Gasteiger partial charge in [-0.3, -0.25) is 14.4 Å². The van der Waals surface area contributed by atoms with Gasteiger partial charge >= 0.3 is 0 Å². The van der Waals surface area contributed by atoms with Crippen molar-refractivity contribution in [1.82, 2.24) is 15.5 Å². The molecule has 0 aromatic carbocycles. The summed E-state index contributed by atoms with van der Waals surface area (Å²) in [5.74, 6) is -1.00. The third-order valence-corrected chi connectivity index (χ3v) is 3.75. The van der Waals surface area contributed by atoms with Crippen LogP contribution in [0.4, 0.5) is 0 Å². The van der Waals surface area contributed by atoms with Crippen molar-refractivity contribution in [3.8, 4) is 0 Å². The molecule has 23 heavy (non-hydrogen) atoms. The molecule has 2 aromatic heterocycles. The number of carbonyl (C=O) groups excluding carboxylic acids is 3. The topological polar surface area (TPSA) is 91.7 Å². The van der Waals surface area contributed by atoms with Crippen LogP contribution in [-0.2, 0) is 16.1 Å². The van der Waals surface area contributed by atoms with Crippen LogP contribution in [0.25, 0.3) is 0 Å². The highest BCUT2D eigenvalue weighted by Gasteiger charge is 2.13. The van der Waals surface area contributed by atoms with E-state index in [0.29, 0.717) is 6.54 Å². The van der Waals surface area contributed by atoms with Gasteiger partial charge < -0.3 is 20.0 Å². The summed E-state index contributed by atoms with van der Waals surface area (Å²) in [5.41, 5.74) is 1.04. The first-order valence-corrected chi connectivity index (χ1v) is 7.84. The Morgan fingerprint density at radius 2 is 2.04 bits per heavy atom. The second-order valence-electron chi connectivity index (χ2n) is 4.82. The third kappa shape index (κ3) is 5.26. The van der Waals surface area contributed by atoms with E-state index < -0.39 is 11.8 Å². The minimum atomic E-state index is -0.481. The minimum absolute atomic E-state index is 0.115. The minimum Gasteiger partial charge on any atom is -0.459 e. The highest BCUT2D eigenvalue weighted by Crippen LogP contribution is 2.08. The average molecular weight is 335 g/mol. The van der Waals surface area contributed by atoms with E-state index in [1.807, 2.05) is 16.8 Å². The summed E-state index contributed by atoms with van der Waals surface area (Å²) in [6.45, 7) is 0.157. The maximum atomic E-state index is 11.9. The zero-order chi connectivity index (χ0) is 16.7. The molecule has 2 rings (SSSR count). The van der Waals surface area contributed by atoms with Crippen molar-refractivity contribution >= 4 is 29.1 Å². The van der Waals surface area contributed by atoms with Crippen molar-refractivity contribution < 1.29 is 18.8 Å². The van der Waals surface area contributed by atoms with Crippen molar-refractivity contribution in [3.05, 3.63) is 46.5 Å². The van der Waals surface area contributed by atoms with E-state index in [4.69, 9.17) is 4.42 Å². The Bertz CT molecular complexity index is 652. The number of amides is 3. The first-order valence-electron chi connectivity index (χ1n) is 6.89. The fourth-order valence-corrected chi connectivity index (χ4v) is 2.43.